The van der Waals surface area contributed by atoms with E-state index in [0.29, 0.717) is 36.8 Å². The highest BCUT2D eigenvalue weighted by atomic mass is 32.2. The van der Waals surface area contributed by atoms with E-state index in [9.17, 15) is 18.5 Å². The molecule has 0 spiro atoms. The zero-order valence-corrected chi connectivity index (χ0v) is 18.5. The van der Waals surface area contributed by atoms with Crippen LogP contribution in [-0.4, -0.2) is 57.0 Å². The van der Waals surface area contributed by atoms with E-state index in [0.717, 1.165) is 0 Å². The van der Waals surface area contributed by atoms with Crippen LogP contribution in [0.4, 0.5) is 5.69 Å². The molecule has 1 heterocycles. The molecule has 0 radical (unpaired) electrons. The first-order valence-corrected chi connectivity index (χ1v) is 11.9. The number of nitrogens with one attached hydrogen (secondary N) is 1. The molecule has 1 atom stereocenters. The van der Waals surface area contributed by atoms with Gasteiger partial charge < -0.3 is 19.7 Å². The molecule has 0 bridgehead atoms. The molecular weight excluding hydrogens is 430 g/mol. The van der Waals surface area contributed by atoms with Gasteiger partial charge in [0.05, 0.1) is 18.1 Å². The molecule has 0 aromatic heterocycles. The number of ether oxygens (including phenoxy) is 2. The summed E-state index contributed by atoms with van der Waals surface area (Å²) in [5.41, 5.74) is 0.387. The minimum Gasteiger partial charge on any atom is -0.457 e. The number of sulfone groups is 1. The van der Waals surface area contributed by atoms with Crippen LogP contribution in [0, 0.1) is 11.3 Å². The summed E-state index contributed by atoms with van der Waals surface area (Å²) in [5, 5.41) is 12.2. The number of hydrogen-bond acceptors (Lipinski definition) is 7. The topological polar surface area (TPSA) is 109 Å². The Morgan fingerprint density at radius 3 is 2.47 bits per heavy atom. The SMILES string of the molecule is COCCN(/C=C(/C#N)C(=O)Nc1ccc(Oc2ccccc2)cc1)C1CCS(=O)(=O)C1. The lowest BCUT2D eigenvalue weighted by molar-refractivity contribution is -0.112. The zero-order chi connectivity index (χ0) is 23.0. The molecular formula is C23H25N3O5S. The van der Waals surface area contributed by atoms with E-state index in [1.165, 1.54) is 13.3 Å². The zero-order valence-electron chi connectivity index (χ0n) is 17.7. The van der Waals surface area contributed by atoms with Gasteiger partial charge >= 0.3 is 0 Å². The molecule has 8 nitrogen and oxygen atoms in total. The average molecular weight is 456 g/mol. The second-order valence-electron chi connectivity index (χ2n) is 7.34. The normalized spacial score (nSPS) is 17.4. The van der Waals surface area contributed by atoms with E-state index >= 15 is 0 Å². The van der Waals surface area contributed by atoms with Gasteiger partial charge in [0.2, 0.25) is 0 Å². The van der Waals surface area contributed by atoms with Crippen molar-refractivity contribution in [3.63, 3.8) is 0 Å². The lowest BCUT2D eigenvalue weighted by atomic mass is 10.2. The fraction of sp³-hybridized carbons (Fsp3) is 0.304. The highest BCUT2D eigenvalue weighted by Gasteiger charge is 2.31. The smallest absolute Gasteiger partial charge is 0.267 e. The van der Waals surface area contributed by atoms with Gasteiger partial charge in [-0.1, -0.05) is 18.2 Å². The minimum absolute atomic E-state index is 0.00355. The molecule has 3 rings (SSSR count). The Kier molecular flexibility index (Phi) is 7.87. The molecule has 1 N–H and O–H groups in total. The van der Waals surface area contributed by atoms with Crippen LogP contribution in [0.25, 0.3) is 0 Å². The van der Waals surface area contributed by atoms with Crippen molar-refractivity contribution in [2.24, 2.45) is 0 Å². The molecule has 9 heteroatoms. The summed E-state index contributed by atoms with van der Waals surface area (Å²) in [6.45, 7) is 0.719. The number of amides is 1. The summed E-state index contributed by atoms with van der Waals surface area (Å²) in [4.78, 5) is 14.4. The monoisotopic (exact) mass is 455 g/mol. The second-order valence-corrected chi connectivity index (χ2v) is 9.56. The minimum atomic E-state index is -3.11. The first-order chi connectivity index (χ1) is 15.4. The maximum atomic E-state index is 12.7. The number of benzene rings is 2. The maximum absolute atomic E-state index is 12.7. The summed E-state index contributed by atoms with van der Waals surface area (Å²) >= 11 is 0. The van der Waals surface area contributed by atoms with Crippen LogP contribution in [0.2, 0.25) is 0 Å². The third-order valence-corrected chi connectivity index (χ3v) is 6.73. The van der Waals surface area contributed by atoms with Gasteiger partial charge in [-0.05, 0) is 42.8 Å². The van der Waals surface area contributed by atoms with Crippen molar-refractivity contribution in [1.82, 2.24) is 4.90 Å². The molecule has 0 aliphatic carbocycles. The Morgan fingerprint density at radius 2 is 1.88 bits per heavy atom. The van der Waals surface area contributed by atoms with Gasteiger partial charge in [-0.25, -0.2) is 8.42 Å². The highest BCUT2D eigenvalue weighted by Crippen LogP contribution is 2.23. The average Bonchev–Trinajstić information content (AvgIpc) is 3.15. The van der Waals surface area contributed by atoms with Crippen LogP contribution >= 0.6 is 0 Å². The molecule has 168 valence electrons. The lowest BCUT2D eigenvalue weighted by Gasteiger charge is -2.26. The number of anilines is 1. The van der Waals surface area contributed by atoms with Crippen molar-refractivity contribution in [3.05, 3.63) is 66.4 Å². The highest BCUT2D eigenvalue weighted by molar-refractivity contribution is 7.91. The molecule has 0 saturated carbocycles. The lowest BCUT2D eigenvalue weighted by Crippen LogP contribution is -2.35. The van der Waals surface area contributed by atoms with Crippen LogP contribution < -0.4 is 10.1 Å². The Balaban J connectivity index is 1.68. The number of rotatable bonds is 9. The van der Waals surface area contributed by atoms with E-state index in [1.807, 2.05) is 36.4 Å². The predicted octanol–water partition coefficient (Wildman–Crippen LogP) is 2.96. The summed E-state index contributed by atoms with van der Waals surface area (Å²) in [6.07, 6.45) is 1.87. The van der Waals surface area contributed by atoms with E-state index in [-0.39, 0.29) is 23.1 Å². The second kappa shape index (κ2) is 10.8. The van der Waals surface area contributed by atoms with Gasteiger partial charge in [0.15, 0.2) is 9.84 Å². The molecule has 2 aromatic rings. The van der Waals surface area contributed by atoms with Crippen LogP contribution in [0.15, 0.2) is 66.4 Å². The van der Waals surface area contributed by atoms with Crippen molar-refractivity contribution in [2.45, 2.75) is 12.5 Å². The van der Waals surface area contributed by atoms with Gasteiger partial charge in [0.1, 0.15) is 23.1 Å². The van der Waals surface area contributed by atoms with Gasteiger partial charge in [-0.3, -0.25) is 4.79 Å². The first kappa shape index (κ1) is 23.3. The molecule has 1 unspecified atom stereocenters. The molecule has 32 heavy (non-hydrogen) atoms. The van der Waals surface area contributed by atoms with E-state index < -0.39 is 15.7 Å². The Hall–Kier alpha value is -3.35. The standard InChI is InChI=1S/C23H25N3O5S/c1-30-13-12-26(20-11-14-32(28,29)17-20)16-18(15-24)23(27)25-19-7-9-22(10-8-19)31-21-5-3-2-4-6-21/h2-10,16,20H,11-14,17H2,1H3,(H,25,27)/b18-16-. The fourth-order valence-corrected chi connectivity index (χ4v) is 5.06. The van der Waals surface area contributed by atoms with Gasteiger partial charge in [-0.2, -0.15) is 5.26 Å². The van der Waals surface area contributed by atoms with Crippen LogP contribution in [0.5, 0.6) is 11.5 Å². The number of nitrogens with zero attached hydrogens (tertiary/aromatic N) is 2. The third kappa shape index (κ3) is 6.57. The number of methoxy groups -OCH3 is 1. The first-order valence-electron chi connectivity index (χ1n) is 10.1. The predicted molar refractivity (Wildman–Crippen MR) is 121 cm³/mol. The summed E-state index contributed by atoms with van der Waals surface area (Å²) in [5.74, 6) is 0.826. The molecule has 1 aliphatic heterocycles. The summed E-state index contributed by atoms with van der Waals surface area (Å²) in [6, 6.07) is 17.7. The van der Waals surface area contributed by atoms with Gasteiger partial charge in [0, 0.05) is 31.6 Å². The molecule has 1 amide bonds. The van der Waals surface area contributed by atoms with Crippen molar-refractivity contribution in [2.75, 3.05) is 37.1 Å². The van der Waals surface area contributed by atoms with Crippen molar-refractivity contribution in [3.8, 4) is 17.6 Å². The molecule has 1 fully saturated rings. The van der Waals surface area contributed by atoms with Crippen molar-refractivity contribution >= 4 is 21.4 Å². The molecule has 1 aliphatic rings. The fourth-order valence-electron chi connectivity index (χ4n) is 3.32. The maximum Gasteiger partial charge on any atom is 0.267 e. The largest absolute Gasteiger partial charge is 0.457 e. The summed E-state index contributed by atoms with van der Waals surface area (Å²) < 4.78 is 34.5. The number of nitriles is 1. The van der Waals surface area contributed by atoms with Crippen LogP contribution in [0.3, 0.4) is 0 Å². The van der Waals surface area contributed by atoms with Crippen LogP contribution in [-0.2, 0) is 19.4 Å². The summed E-state index contributed by atoms with van der Waals surface area (Å²) in [7, 11) is -1.57. The number of carbonyl (C=O) groups excluding carboxylic acids is 1. The number of carbonyl (C=O) groups is 1. The Labute approximate surface area is 188 Å². The van der Waals surface area contributed by atoms with E-state index in [1.54, 1.807) is 29.2 Å². The number of para-hydroxylation sites is 1. The number of hydrogen-bond donors (Lipinski definition) is 1. The molecule has 1 saturated heterocycles. The Morgan fingerprint density at radius 1 is 1.19 bits per heavy atom. The van der Waals surface area contributed by atoms with Crippen LogP contribution in [0.1, 0.15) is 6.42 Å². The van der Waals surface area contributed by atoms with Gasteiger partial charge in [-0.15, -0.1) is 0 Å². The molecule has 2 aromatic carbocycles. The van der Waals surface area contributed by atoms with Gasteiger partial charge in [0.25, 0.3) is 5.91 Å². The van der Waals surface area contributed by atoms with Crippen molar-refractivity contribution < 1.29 is 22.7 Å². The quantitative estimate of drug-likeness (QED) is 0.457. The van der Waals surface area contributed by atoms with E-state index in [4.69, 9.17) is 9.47 Å². The third-order valence-electron chi connectivity index (χ3n) is 4.98. The van der Waals surface area contributed by atoms with Crippen molar-refractivity contribution in [1.29, 1.82) is 5.26 Å². The Bertz CT molecular complexity index is 1090. The van der Waals surface area contributed by atoms with E-state index in [2.05, 4.69) is 5.32 Å².